The Hall–Kier alpha value is -2.02. The summed E-state index contributed by atoms with van der Waals surface area (Å²) in [6.07, 6.45) is 7.75. The number of nitrogens with one attached hydrogen (secondary N) is 1. The fourth-order valence-corrected chi connectivity index (χ4v) is 6.37. The third kappa shape index (κ3) is 4.41. The summed E-state index contributed by atoms with van der Waals surface area (Å²) in [7, 11) is 0. The molecule has 2 aliphatic rings. The van der Waals surface area contributed by atoms with Gasteiger partial charge in [0.05, 0.1) is 16.8 Å². The maximum absolute atomic E-state index is 13.7. The Morgan fingerprint density at radius 3 is 2.64 bits per heavy atom. The Bertz CT molecular complexity index is 1180. The average Bonchev–Trinajstić information content (AvgIpc) is 3.35. The molecule has 1 aliphatic heterocycles. The number of carbonyl (C=O) groups is 2. The van der Waals surface area contributed by atoms with E-state index in [0.29, 0.717) is 10.7 Å². The zero-order chi connectivity index (χ0) is 23.0. The number of aromatic nitrogens is 1. The third-order valence-electron chi connectivity index (χ3n) is 6.80. The largest absolute Gasteiger partial charge is 0.350 e. The van der Waals surface area contributed by atoms with E-state index in [9.17, 15) is 9.59 Å². The molecule has 1 fully saturated rings. The number of nitrogens with zero attached hydrogens (tertiary/aromatic N) is 2. The van der Waals surface area contributed by atoms with Crippen molar-refractivity contribution in [1.82, 2.24) is 14.8 Å². The molecule has 1 aliphatic carbocycles. The summed E-state index contributed by atoms with van der Waals surface area (Å²) in [5.41, 5.74) is 2.34. The van der Waals surface area contributed by atoms with Crippen LogP contribution in [0.25, 0.3) is 10.2 Å². The van der Waals surface area contributed by atoms with E-state index < -0.39 is 5.00 Å². The van der Waals surface area contributed by atoms with Gasteiger partial charge in [0.2, 0.25) is 5.00 Å². The van der Waals surface area contributed by atoms with Crippen LogP contribution < -0.4 is 5.32 Å². The van der Waals surface area contributed by atoms with Gasteiger partial charge in [-0.25, -0.2) is 0 Å². The van der Waals surface area contributed by atoms with Crippen molar-refractivity contribution >= 4 is 56.6 Å². The van der Waals surface area contributed by atoms with Crippen molar-refractivity contribution in [3.63, 3.8) is 0 Å². The first-order valence-corrected chi connectivity index (χ1v) is 13.2. The van der Waals surface area contributed by atoms with Gasteiger partial charge in [0.25, 0.3) is 11.8 Å². The lowest BCUT2D eigenvalue weighted by molar-refractivity contribution is -0.130. The van der Waals surface area contributed by atoms with Gasteiger partial charge in [-0.3, -0.25) is 9.59 Å². The average molecular weight is 504 g/mol. The van der Waals surface area contributed by atoms with Crippen LogP contribution in [0.15, 0.2) is 41.8 Å². The van der Waals surface area contributed by atoms with Crippen LogP contribution in [-0.4, -0.2) is 32.3 Å². The minimum Gasteiger partial charge on any atom is -0.350 e. The molecule has 33 heavy (non-hydrogen) atoms. The Morgan fingerprint density at radius 2 is 1.88 bits per heavy atom. The number of fused-ring (bicyclic) bond motifs is 3. The van der Waals surface area contributed by atoms with Gasteiger partial charge in [0.1, 0.15) is 5.69 Å². The molecule has 0 spiro atoms. The maximum Gasteiger partial charge on any atom is 0.272 e. The minimum atomic E-state index is -1.53. The maximum atomic E-state index is 13.7. The van der Waals surface area contributed by atoms with E-state index in [4.69, 9.17) is 23.2 Å². The van der Waals surface area contributed by atoms with Crippen molar-refractivity contribution in [2.24, 2.45) is 0 Å². The Kier molecular flexibility index (Phi) is 6.43. The molecule has 0 bridgehead atoms. The van der Waals surface area contributed by atoms with Crippen LogP contribution in [0, 0.1) is 0 Å². The second kappa shape index (κ2) is 9.32. The second-order valence-electron chi connectivity index (χ2n) is 9.08. The van der Waals surface area contributed by atoms with Gasteiger partial charge < -0.3 is 14.8 Å². The predicted molar refractivity (Wildman–Crippen MR) is 134 cm³/mol. The highest BCUT2D eigenvalue weighted by molar-refractivity contribution is 7.17. The zero-order valence-electron chi connectivity index (χ0n) is 18.4. The number of thiophene rings is 1. The first-order chi connectivity index (χ1) is 16.0. The van der Waals surface area contributed by atoms with E-state index in [0.717, 1.165) is 41.5 Å². The first kappa shape index (κ1) is 22.8. The third-order valence-corrected chi connectivity index (χ3v) is 8.38. The van der Waals surface area contributed by atoms with Crippen LogP contribution in [0.5, 0.6) is 0 Å². The van der Waals surface area contributed by atoms with E-state index in [1.165, 1.54) is 24.2 Å². The highest BCUT2D eigenvalue weighted by Gasteiger charge is 2.50. The van der Waals surface area contributed by atoms with Crippen LogP contribution in [0.1, 0.15) is 61.0 Å². The summed E-state index contributed by atoms with van der Waals surface area (Å²) in [4.78, 5) is 27.4. The van der Waals surface area contributed by atoms with Crippen LogP contribution in [0.4, 0.5) is 0 Å². The smallest absolute Gasteiger partial charge is 0.272 e. The molecule has 1 atom stereocenters. The van der Waals surface area contributed by atoms with Crippen LogP contribution in [0.3, 0.4) is 0 Å². The number of amides is 2. The number of hydrogen-bond acceptors (Lipinski definition) is 3. The molecule has 0 radical (unpaired) electrons. The summed E-state index contributed by atoms with van der Waals surface area (Å²) in [5, 5.41) is 5.78. The fraction of sp³-hybridized carbons (Fsp3) is 0.440. The van der Waals surface area contributed by atoms with Crippen molar-refractivity contribution in [2.45, 2.75) is 69.1 Å². The first-order valence-electron chi connectivity index (χ1n) is 11.6. The normalized spacial score (nSPS) is 22.1. The SMILES string of the molecule is O=C1c2cc3sccc3n2CC(Cl)(C(=O)NC2CCCCCCC2)N1Cc1cccc(Cl)c1. The molecule has 1 aromatic carbocycles. The quantitative estimate of drug-likeness (QED) is 0.341. The van der Waals surface area contributed by atoms with Crippen molar-refractivity contribution in [3.8, 4) is 0 Å². The van der Waals surface area contributed by atoms with Gasteiger partial charge in [-0.2, -0.15) is 0 Å². The zero-order valence-corrected chi connectivity index (χ0v) is 20.7. The molecule has 0 saturated heterocycles. The number of alkyl halides is 1. The molecule has 3 heterocycles. The number of carbonyl (C=O) groups excluding carboxylic acids is 2. The molecule has 8 heteroatoms. The minimum absolute atomic E-state index is 0.0868. The Labute approximate surface area is 207 Å². The van der Waals surface area contributed by atoms with Crippen molar-refractivity contribution in [1.29, 1.82) is 0 Å². The predicted octanol–water partition coefficient (Wildman–Crippen LogP) is 6.18. The Balaban J connectivity index is 1.50. The lowest BCUT2D eigenvalue weighted by Gasteiger charge is -2.42. The molecule has 5 nitrogen and oxygen atoms in total. The summed E-state index contributed by atoms with van der Waals surface area (Å²) in [5.74, 6) is -0.541. The second-order valence-corrected chi connectivity index (χ2v) is 11.1. The van der Waals surface area contributed by atoms with E-state index in [1.807, 2.05) is 40.3 Å². The van der Waals surface area contributed by atoms with E-state index in [1.54, 1.807) is 17.4 Å². The van der Waals surface area contributed by atoms with Gasteiger partial charge in [-0.05, 0) is 48.1 Å². The molecule has 174 valence electrons. The molecular weight excluding hydrogens is 477 g/mol. The van der Waals surface area contributed by atoms with E-state index >= 15 is 0 Å². The summed E-state index contributed by atoms with van der Waals surface area (Å²) < 4.78 is 2.91. The van der Waals surface area contributed by atoms with E-state index in [-0.39, 0.29) is 30.9 Å². The standard InChI is InChI=1S/C25H27Cl2N3O2S/c26-18-8-6-7-17(13-18)15-30-23(31)21-14-22-20(11-12-33-22)29(21)16-25(30,27)24(32)28-19-9-4-2-1-3-5-10-19/h6-8,11-14,19H,1-5,9-10,15-16H2,(H,28,32). The molecule has 3 aromatic rings. The summed E-state index contributed by atoms with van der Waals surface area (Å²) in [6, 6.07) is 11.3. The fourth-order valence-electron chi connectivity index (χ4n) is 5.02. The Morgan fingerprint density at radius 1 is 1.12 bits per heavy atom. The molecule has 5 rings (SSSR count). The molecule has 1 saturated carbocycles. The van der Waals surface area contributed by atoms with Gasteiger partial charge >= 0.3 is 0 Å². The van der Waals surface area contributed by atoms with Crippen molar-refractivity contribution in [2.75, 3.05) is 0 Å². The highest BCUT2D eigenvalue weighted by Crippen LogP contribution is 2.38. The molecule has 2 amide bonds. The van der Waals surface area contributed by atoms with Gasteiger partial charge in [0, 0.05) is 17.6 Å². The van der Waals surface area contributed by atoms with E-state index in [2.05, 4.69) is 5.32 Å². The number of hydrogen-bond donors (Lipinski definition) is 1. The van der Waals surface area contributed by atoms with Crippen LogP contribution >= 0.6 is 34.5 Å². The summed E-state index contributed by atoms with van der Waals surface area (Å²) in [6.45, 7) is 0.411. The number of rotatable bonds is 4. The molecule has 1 N–H and O–H groups in total. The van der Waals surface area contributed by atoms with Crippen LogP contribution in [0.2, 0.25) is 5.02 Å². The lowest BCUT2D eigenvalue weighted by atomic mass is 9.96. The van der Waals surface area contributed by atoms with Gasteiger partial charge in [0.15, 0.2) is 0 Å². The summed E-state index contributed by atoms with van der Waals surface area (Å²) >= 11 is 14.9. The van der Waals surface area contributed by atoms with Crippen molar-refractivity contribution in [3.05, 3.63) is 58.1 Å². The monoisotopic (exact) mass is 503 g/mol. The van der Waals surface area contributed by atoms with Gasteiger partial charge in [-0.15, -0.1) is 11.3 Å². The highest BCUT2D eigenvalue weighted by atomic mass is 35.5. The molecular formula is C25H27Cl2N3O2S. The number of benzene rings is 1. The van der Waals surface area contributed by atoms with Crippen LogP contribution in [-0.2, 0) is 17.9 Å². The molecule has 1 unspecified atom stereocenters. The lowest BCUT2D eigenvalue weighted by Crippen LogP contribution is -2.63. The van der Waals surface area contributed by atoms with Gasteiger partial charge in [-0.1, -0.05) is 67.4 Å². The molecule has 2 aromatic heterocycles. The number of halogens is 2. The van der Waals surface area contributed by atoms with Crippen molar-refractivity contribution < 1.29 is 9.59 Å². The topological polar surface area (TPSA) is 54.3 Å².